The fourth-order valence-corrected chi connectivity index (χ4v) is 2.61. The molecule has 0 bridgehead atoms. The monoisotopic (exact) mass is 290 g/mol. The minimum atomic E-state index is 0.699. The molecular weight excluding hydrogens is 272 g/mol. The van der Waals surface area contributed by atoms with Gasteiger partial charge in [-0.1, -0.05) is 18.2 Å². The van der Waals surface area contributed by atoms with Crippen LogP contribution in [0, 0.1) is 18.3 Å². The molecule has 4 nitrogen and oxygen atoms in total. The van der Waals surface area contributed by atoms with Crippen LogP contribution in [0.1, 0.15) is 22.5 Å². The number of fused-ring (bicyclic) bond motifs is 1. The fraction of sp³-hybridized carbons (Fsp3) is 0.222. The Kier molecular flexibility index (Phi) is 3.90. The number of aromatic amines is 1. The van der Waals surface area contributed by atoms with E-state index in [1.807, 2.05) is 30.3 Å². The van der Waals surface area contributed by atoms with Crippen molar-refractivity contribution in [3.8, 4) is 6.07 Å². The van der Waals surface area contributed by atoms with Crippen LogP contribution in [0.25, 0.3) is 11.0 Å². The van der Waals surface area contributed by atoms with Gasteiger partial charge in [0.15, 0.2) is 0 Å². The highest BCUT2D eigenvalue weighted by Crippen LogP contribution is 2.15. The van der Waals surface area contributed by atoms with Crippen molar-refractivity contribution < 1.29 is 0 Å². The summed E-state index contributed by atoms with van der Waals surface area (Å²) in [6.07, 6.45) is 0. The van der Waals surface area contributed by atoms with Crippen LogP contribution in [0.15, 0.2) is 42.5 Å². The van der Waals surface area contributed by atoms with E-state index in [9.17, 15) is 0 Å². The third kappa shape index (κ3) is 3.16. The van der Waals surface area contributed by atoms with Gasteiger partial charge in [-0.2, -0.15) is 5.26 Å². The maximum absolute atomic E-state index is 8.96. The molecule has 0 unspecified atom stereocenters. The second-order valence-electron chi connectivity index (χ2n) is 5.69. The van der Waals surface area contributed by atoms with Crippen LogP contribution in [-0.2, 0) is 13.1 Å². The molecule has 1 aromatic heterocycles. The average molecular weight is 290 g/mol. The van der Waals surface area contributed by atoms with Crippen LogP contribution in [0.5, 0.6) is 0 Å². The van der Waals surface area contributed by atoms with Crippen molar-refractivity contribution in [2.75, 3.05) is 7.05 Å². The zero-order valence-corrected chi connectivity index (χ0v) is 12.8. The topological polar surface area (TPSA) is 55.7 Å². The highest BCUT2D eigenvalue weighted by molar-refractivity contribution is 5.75. The number of hydrogen-bond donors (Lipinski definition) is 1. The minimum Gasteiger partial charge on any atom is -0.341 e. The molecule has 0 saturated carbocycles. The van der Waals surface area contributed by atoms with E-state index in [0.29, 0.717) is 5.56 Å². The molecule has 22 heavy (non-hydrogen) atoms. The van der Waals surface area contributed by atoms with Gasteiger partial charge in [-0.15, -0.1) is 0 Å². The van der Waals surface area contributed by atoms with Crippen LogP contribution < -0.4 is 0 Å². The number of aromatic nitrogens is 2. The smallest absolute Gasteiger partial charge is 0.121 e. The molecule has 0 aliphatic carbocycles. The lowest BCUT2D eigenvalue weighted by Gasteiger charge is -2.15. The molecule has 3 aromatic rings. The van der Waals surface area contributed by atoms with Gasteiger partial charge in [0.05, 0.1) is 29.2 Å². The normalized spacial score (nSPS) is 11.0. The molecule has 4 heteroatoms. The molecule has 2 aromatic carbocycles. The van der Waals surface area contributed by atoms with Gasteiger partial charge in [0.1, 0.15) is 5.82 Å². The Morgan fingerprint density at radius 1 is 1.18 bits per heavy atom. The van der Waals surface area contributed by atoms with E-state index in [4.69, 9.17) is 5.26 Å². The number of imidazole rings is 1. The fourth-order valence-electron chi connectivity index (χ4n) is 2.61. The summed E-state index contributed by atoms with van der Waals surface area (Å²) in [7, 11) is 2.05. The Hall–Kier alpha value is -2.64. The van der Waals surface area contributed by atoms with E-state index in [1.165, 1.54) is 5.56 Å². The molecule has 1 heterocycles. The summed E-state index contributed by atoms with van der Waals surface area (Å²) >= 11 is 0. The number of nitrogens with zero attached hydrogens (tertiary/aromatic N) is 3. The van der Waals surface area contributed by atoms with Crippen LogP contribution in [0.3, 0.4) is 0 Å². The summed E-state index contributed by atoms with van der Waals surface area (Å²) in [5.74, 6) is 0.958. The van der Waals surface area contributed by atoms with Gasteiger partial charge in [0, 0.05) is 6.54 Å². The predicted molar refractivity (Wildman–Crippen MR) is 87.2 cm³/mol. The molecule has 0 radical (unpaired) electrons. The van der Waals surface area contributed by atoms with Gasteiger partial charge >= 0.3 is 0 Å². The quantitative estimate of drug-likeness (QED) is 0.801. The summed E-state index contributed by atoms with van der Waals surface area (Å²) in [6, 6.07) is 16.1. The van der Waals surface area contributed by atoms with Crippen molar-refractivity contribution in [1.29, 1.82) is 5.26 Å². The lowest BCUT2D eigenvalue weighted by atomic mass is 10.1. The number of benzene rings is 2. The summed E-state index contributed by atoms with van der Waals surface area (Å²) in [6.45, 7) is 3.60. The second kappa shape index (κ2) is 6.00. The Bertz CT molecular complexity index is 842. The predicted octanol–water partition coefficient (Wildman–Crippen LogP) is 3.38. The average Bonchev–Trinajstić information content (AvgIpc) is 2.88. The molecule has 0 aliphatic heterocycles. The second-order valence-corrected chi connectivity index (χ2v) is 5.69. The molecule has 1 N–H and O–H groups in total. The first-order valence-electron chi connectivity index (χ1n) is 7.27. The first kappa shape index (κ1) is 14.3. The Balaban J connectivity index is 1.72. The van der Waals surface area contributed by atoms with Crippen LogP contribution in [0.4, 0.5) is 0 Å². The van der Waals surface area contributed by atoms with Crippen molar-refractivity contribution in [1.82, 2.24) is 14.9 Å². The van der Waals surface area contributed by atoms with Crippen molar-refractivity contribution in [3.05, 3.63) is 65.0 Å². The maximum Gasteiger partial charge on any atom is 0.121 e. The molecule has 0 amide bonds. The summed E-state index contributed by atoms with van der Waals surface area (Å²) in [5, 5.41) is 8.96. The number of nitrogens with one attached hydrogen (secondary N) is 1. The molecule has 0 atom stereocenters. The van der Waals surface area contributed by atoms with Crippen molar-refractivity contribution in [3.63, 3.8) is 0 Å². The van der Waals surface area contributed by atoms with E-state index in [2.05, 4.69) is 47.0 Å². The van der Waals surface area contributed by atoms with Crippen molar-refractivity contribution >= 4 is 11.0 Å². The van der Waals surface area contributed by atoms with E-state index in [0.717, 1.165) is 35.5 Å². The van der Waals surface area contributed by atoms with Gasteiger partial charge in [-0.05, 0) is 49.4 Å². The third-order valence-electron chi connectivity index (χ3n) is 3.61. The maximum atomic E-state index is 8.96. The first-order chi connectivity index (χ1) is 10.6. The Morgan fingerprint density at radius 2 is 2.05 bits per heavy atom. The van der Waals surface area contributed by atoms with Crippen LogP contribution in [0.2, 0.25) is 0 Å². The van der Waals surface area contributed by atoms with E-state index in [-0.39, 0.29) is 0 Å². The summed E-state index contributed by atoms with van der Waals surface area (Å²) in [4.78, 5) is 10.2. The number of hydrogen-bond acceptors (Lipinski definition) is 3. The highest BCUT2D eigenvalue weighted by Gasteiger charge is 2.07. The molecule has 0 spiro atoms. The minimum absolute atomic E-state index is 0.699. The summed E-state index contributed by atoms with van der Waals surface area (Å²) < 4.78 is 0. The SMILES string of the molecule is Cc1ccc2nc(CN(C)Cc3cccc(C#N)c3)[nH]c2c1. The van der Waals surface area contributed by atoms with Gasteiger partial charge in [0.25, 0.3) is 0 Å². The van der Waals surface area contributed by atoms with Crippen LogP contribution in [-0.4, -0.2) is 21.9 Å². The van der Waals surface area contributed by atoms with E-state index in [1.54, 1.807) is 0 Å². The summed E-state index contributed by atoms with van der Waals surface area (Å²) in [5.41, 5.74) is 5.14. The lowest BCUT2D eigenvalue weighted by Crippen LogP contribution is -2.18. The van der Waals surface area contributed by atoms with E-state index < -0.39 is 0 Å². The van der Waals surface area contributed by atoms with Gasteiger partial charge < -0.3 is 4.98 Å². The molecule has 3 rings (SSSR count). The molecule has 0 fully saturated rings. The standard InChI is InChI=1S/C18H18N4/c1-13-6-7-16-17(8-13)21-18(20-16)12-22(2)11-15-5-3-4-14(9-15)10-19/h3-9H,11-12H2,1-2H3,(H,20,21). The van der Waals surface area contributed by atoms with Crippen molar-refractivity contribution in [2.45, 2.75) is 20.0 Å². The Morgan fingerprint density at radius 3 is 2.86 bits per heavy atom. The zero-order valence-electron chi connectivity index (χ0n) is 12.8. The van der Waals surface area contributed by atoms with Crippen molar-refractivity contribution in [2.24, 2.45) is 0 Å². The number of nitriles is 1. The lowest BCUT2D eigenvalue weighted by molar-refractivity contribution is 0.312. The first-order valence-corrected chi connectivity index (χ1v) is 7.27. The van der Waals surface area contributed by atoms with E-state index >= 15 is 0 Å². The largest absolute Gasteiger partial charge is 0.341 e. The number of aryl methyl sites for hydroxylation is 1. The zero-order chi connectivity index (χ0) is 15.5. The third-order valence-corrected chi connectivity index (χ3v) is 3.61. The molecular formula is C18H18N4. The molecule has 0 aliphatic rings. The molecule has 110 valence electrons. The number of rotatable bonds is 4. The van der Waals surface area contributed by atoms with Gasteiger partial charge in [-0.25, -0.2) is 4.98 Å². The van der Waals surface area contributed by atoms with Gasteiger partial charge in [-0.3, -0.25) is 4.90 Å². The molecule has 0 saturated heterocycles. The van der Waals surface area contributed by atoms with Crippen LogP contribution >= 0.6 is 0 Å². The highest BCUT2D eigenvalue weighted by atomic mass is 15.1. The van der Waals surface area contributed by atoms with Gasteiger partial charge in [0.2, 0.25) is 0 Å². The Labute approximate surface area is 130 Å². The number of H-pyrrole nitrogens is 1.